The second-order valence-electron chi connectivity index (χ2n) is 6.63. The van der Waals surface area contributed by atoms with Crippen LogP contribution in [-0.2, 0) is 19.3 Å². The number of benzene rings is 1. The molecule has 0 aliphatic heterocycles. The predicted molar refractivity (Wildman–Crippen MR) is 99.6 cm³/mol. The van der Waals surface area contributed by atoms with Crippen LogP contribution in [-0.4, -0.2) is 22.7 Å². The number of phenols is 1. The highest BCUT2D eigenvalue weighted by Gasteiger charge is 2.27. The fourth-order valence-electron chi connectivity index (χ4n) is 3.29. The van der Waals surface area contributed by atoms with E-state index in [-0.39, 0.29) is 6.04 Å². The van der Waals surface area contributed by atoms with Crippen molar-refractivity contribution in [1.29, 1.82) is 0 Å². The van der Waals surface area contributed by atoms with Crippen LogP contribution in [0.5, 0.6) is 5.75 Å². The fraction of sp³-hybridized carbons (Fsp3) is 0.526. The lowest BCUT2D eigenvalue weighted by Crippen LogP contribution is -2.38. The van der Waals surface area contributed by atoms with Gasteiger partial charge >= 0.3 is 0 Å². The molecular weight excluding hydrogens is 318 g/mol. The maximum atomic E-state index is 9.33. The molecule has 2 aromatic rings. The second kappa shape index (κ2) is 8.10. The molecule has 4 N–H and O–H groups in total. The maximum absolute atomic E-state index is 9.33. The van der Waals surface area contributed by atoms with Crippen molar-refractivity contribution in [3.8, 4) is 5.75 Å². The summed E-state index contributed by atoms with van der Waals surface area (Å²) in [5, 5.41) is 14.1. The van der Waals surface area contributed by atoms with Crippen molar-refractivity contribution in [3.05, 3.63) is 45.4 Å². The second-order valence-corrected chi connectivity index (χ2v) is 7.80. The van der Waals surface area contributed by atoms with E-state index in [1.807, 2.05) is 23.5 Å². The molecular formula is C19H27N3OS. The Kier molecular flexibility index (Phi) is 5.87. The first-order chi connectivity index (χ1) is 11.7. The molecule has 0 bridgehead atoms. The summed E-state index contributed by atoms with van der Waals surface area (Å²) in [6.45, 7) is 3.26. The third-order valence-corrected chi connectivity index (χ3v) is 5.72. The van der Waals surface area contributed by atoms with Crippen LogP contribution < -0.4 is 11.1 Å². The highest BCUT2D eigenvalue weighted by atomic mass is 32.1. The van der Waals surface area contributed by atoms with Crippen LogP contribution in [0.1, 0.15) is 53.4 Å². The Labute approximate surface area is 148 Å². The Balaban J connectivity index is 1.55. The van der Waals surface area contributed by atoms with Gasteiger partial charge in [-0.3, -0.25) is 0 Å². The van der Waals surface area contributed by atoms with E-state index in [4.69, 9.17) is 10.7 Å². The van der Waals surface area contributed by atoms with Crippen molar-refractivity contribution < 1.29 is 5.11 Å². The van der Waals surface area contributed by atoms with Gasteiger partial charge in [0, 0.05) is 17.0 Å². The van der Waals surface area contributed by atoms with E-state index in [2.05, 4.69) is 12.2 Å². The minimum absolute atomic E-state index is 0.0743. The van der Waals surface area contributed by atoms with Crippen LogP contribution in [0.15, 0.2) is 24.3 Å². The topological polar surface area (TPSA) is 71.2 Å². The van der Waals surface area contributed by atoms with Gasteiger partial charge in [-0.15, -0.1) is 11.3 Å². The highest BCUT2D eigenvalue weighted by Crippen LogP contribution is 2.32. The largest absolute Gasteiger partial charge is 0.508 e. The highest BCUT2D eigenvalue weighted by molar-refractivity contribution is 7.11. The molecule has 1 aromatic heterocycles. The Morgan fingerprint density at radius 2 is 2.08 bits per heavy atom. The Morgan fingerprint density at radius 1 is 1.29 bits per heavy atom. The van der Waals surface area contributed by atoms with Gasteiger partial charge in [0.25, 0.3) is 0 Å². The number of aromatic hydroxyl groups is 1. The van der Waals surface area contributed by atoms with E-state index >= 15 is 0 Å². The first-order valence-electron chi connectivity index (χ1n) is 8.91. The van der Waals surface area contributed by atoms with E-state index in [9.17, 15) is 5.11 Å². The van der Waals surface area contributed by atoms with E-state index in [1.165, 1.54) is 15.4 Å². The van der Waals surface area contributed by atoms with Crippen molar-refractivity contribution in [2.45, 2.75) is 57.5 Å². The minimum atomic E-state index is 0.0743. The number of aryl methyl sites for hydroxylation is 2. The lowest BCUT2D eigenvalue weighted by atomic mass is 9.93. The van der Waals surface area contributed by atoms with Gasteiger partial charge < -0.3 is 16.2 Å². The molecule has 0 spiro atoms. The van der Waals surface area contributed by atoms with Gasteiger partial charge in [-0.05, 0) is 62.8 Å². The molecule has 0 saturated carbocycles. The molecule has 0 amide bonds. The molecule has 1 aliphatic rings. The summed E-state index contributed by atoms with van der Waals surface area (Å²) in [4.78, 5) is 6.19. The molecule has 0 saturated heterocycles. The smallest absolute Gasteiger partial charge is 0.115 e. The van der Waals surface area contributed by atoms with Crippen LogP contribution >= 0.6 is 11.3 Å². The van der Waals surface area contributed by atoms with E-state index in [0.717, 1.165) is 50.8 Å². The summed E-state index contributed by atoms with van der Waals surface area (Å²) < 4.78 is 0. The molecule has 4 nitrogen and oxygen atoms in total. The molecule has 130 valence electrons. The van der Waals surface area contributed by atoms with Gasteiger partial charge in [0.1, 0.15) is 5.75 Å². The Morgan fingerprint density at radius 3 is 2.83 bits per heavy atom. The van der Waals surface area contributed by atoms with Crippen LogP contribution in [0.3, 0.4) is 0 Å². The van der Waals surface area contributed by atoms with Gasteiger partial charge in [0.05, 0.1) is 10.7 Å². The lowest BCUT2D eigenvalue weighted by Gasteiger charge is -2.26. The SMILES string of the molecule is CCCNC1Cc2sc(CCCc3ccc(O)cc3)nc2C(N)C1. The van der Waals surface area contributed by atoms with Crippen molar-refractivity contribution >= 4 is 11.3 Å². The molecule has 5 heteroatoms. The molecule has 0 fully saturated rings. The van der Waals surface area contributed by atoms with Gasteiger partial charge in [0.15, 0.2) is 0 Å². The monoisotopic (exact) mass is 345 g/mol. The van der Waals surface area contributed by atoms with Crippen LogP contribution in [0, 0.1) is 0 Å². The molecule has 0 radical (unpaired) electrons. The summed E-state index contributed by atoms with van der Waals surface area (Å²) in [6.07, 6.45) is 6.30. The predicted octanol–water partition coefficient (Wildman–Crippen LogP) is 3.34. The summed E-state index contributed by atoms with van der Waals surface area (Å²) in [5.74, 6) is 0.326. The minimum Gasteiger partial charge on any atom is -0.508 e. The Hall–Kier alpha value is -1.43. The van der Waals surface area contributed by atoms with Gasteiger partial charge in [-0.25, -0.2) is 4.98 Å². The zero-order chi connectivity index (χ0) is 16.9. The van der Waals surface area contributed by atoms with Crippen molar-refractivity contribution in [2.75, 3.05) is 6.54 Å². The standard InChI is InChI=1S/C19H27N3OS/c1-2-10-21-14-11-16(20)19-17(12-14)24-18(22-19)5-3-4-13-6-8-15(23)9-7-13/h6-9,14,16,21,23H,2-5,10-12,20H2,1H3. The van der Waals surface area contributed by atoms with Crippen LogP contribution in [0.4, 0.5) is 0 Å². The summed E-state index contributed by atoms with van der Waals surface area (Å²) in [7, 11) is 0. The molecule has 2 unspecified atom stereocenters. The summed E-state index contributed by atoms with van der Waals surface area (Å²) >= 11 is 1.84. The van der Waals surface area contributed by atoms with E-state index in [1.54, 1.807) is 12.1 Å². The van der Waals surface area contributed by atoms with E-state index in [0.29, 0.717) is 11.8 Å². The molecule has 1 aliphatic carbocycles. The van der Waals surface area contributed by atoms with Crippen LogP contribution in [0.2, 0.25) is 0 Å². The van der Waals surface area contributed by atoms with Crippen LogP contribution in [0.25, 0.3) is 0 Å². The Bertz CT molecular complexity index is 653. The number of hydrogen-bond acceptors (Lipinski definition) is 5. The van der Waals surface area contributed by atoms with Gasteiger partial charge in [0.2, 0.25) is 0 Å². The quantitative estimate of drug-likeness (QED) is 0.720. The zero-order valence-corrected chi connectivity index (χ0v) is 15.1. The molecule has 1 aromatic carbocycles. The number of hydrogen-bond donors (Lipinski definition) is 3. The average Bonchev–Trinajstić information content (AvgIpc) is 2.98. The summed E-state index contributed by atoms with van der Waals surface area (Å²) in [5.41, 5.74) is 8.73. The molecule has 2 atom stereocenters. The molecule has 24 heavy (non-hydrogen) atoms. The van der Waals surface area contributed by atoms with Gasteiger partial charge in [-0.2, -0.15) is 0 Å². The fourth-order valence-corrected chi connectivity index (χ4v) is 4.55. The first kappa shape index (κ1) is 17.4. The normalized spacial score (nSPS) is 20.1. The third-order valence-electron chi connectivity index (χ3n) is 4.57. The average molecular weight is 346 g/mol. The number of nitrogens with zero attached hydrogens (tertiary/aromatic N) is 1. The van der Waals surface area contributed by atoms with Crippen molar-refractivity contribution in [2.24, 2.45) is 5.73 Å². The number of aromatic nitrogens is 1. The molecule has 3 rings (SSSR count). The number of phenolic OH excluding ortho intramolecular Hbond substituents is 1. The maximum Gasteiger partial charge on any atom is 0.115 e. The molecule has 1 heterocycles. The van der Waals surface area contributed by atoms with Crippen molar-refractivity contribution in [1.82, 2.24) is 10.3 Å². The van der Waals surface area contributed by atoms with Crippen molar-refractivity contribution in [3.63, 3.8) is 0 Å². The number of nitrogens with one attached hydrogen (secondary N) is 1. The summed E-state index contributed by atoms with van der Waals surface area (Å²) in [6, 6.07) is 8.05. The zero-order valence-electron chi connectivity index (χ0n) is 14.3. The first-order valence-corrected chi connectivity index (χ1v) is 9.72. The third kappa shape index (κ3) is 4.35. The lowest BCUT2D eigenvalue weighted by molar-refractivity contribution is 0.415. The number of thiazole rings is 1. The number of fused-ring (bicyclic) bond motifs is 1. The van der Waals surface area contributed by atoms with Gasteiger partial charge in [-0.1, -0.05) is 19.1 Å². The number of nitrogens with two attached hydrogens (primary N) is 1. The number of rotatable bonds is 7. The van der Waals surface area contributed by atoms with E-state index < -0.39 is 0 Å².